The number of cyclic esters (lactones) is 1. The number of ether oxygens (including phenoxy) is 2. The summed E-state index contributed by atoms with van der Waals surface area (Å²) in [5.74, 6) is -0.884. The topological polar surface area (TPSA) is 116 Å². The Morgan fingerprint density at radius 3 is 2.70 bits per heavy atom. The largest absolute Gasteiger partial charge is 0.461 e. The first-order valence-electron chi connectivity index (χ1n) is 7.58. The molecule has 2 aliphatic rings. The maximum atomic E-state index is 12.3. The number of nitrogens with zero attached hydrogens (tertiary/aromatic N) is 1. The van der Waals surface area contributed by atoms with Crippen molar-refractivity contribution < 1.29 is 27.5 Å². The van der Waals surface area contributed by atoms with E-state index in [4.69, 9.17) is 14.6 Å². The molecule has 0 radical (unpaired) electrons. The lowest BCUT2D eigenvalue weighted by atomic mass is 9.75. The molecule has 8 nitrogen and oxygen atoms in total. The van der Waals surface area contributed by atoms with Gasteiger partial charge < -0.3 is 14.4 Å². The van der Waals surface area contributed by atoms with E-state index in [9.17, 15) is 18.0 Å². The van der Waals surface area contributed by atoms with Gasteiger partial charge >= 0.3 is 12.1 Å². The molecule has 23 heavy (non-hydrogen) atoms. The Bertz CT molecular complexity index is 597. The normalized spacial score (nSPS) is 28.8. The van der Waals surface area contributed by atoms with Crippen molar-refractivity contribution in [2.45, 2.75) is 51.7 Å². The fraction of sp³-hybridized carbons (Fsp3) is 0.857. The van der Waals surface area contributed by atoms with Crippen LogP contribution in [-0.4, -0.2) is 55.9 Å². The summed E-state index contributed by atoms with van der Waals surface area (Å²) in [6.45, 7) is 6.06. The average molecular weight is 348 g/mol. The molecule has 0 saturated carbocycles. The lowest BCUT2D eigenvalue weighted by Crippen LogP contribution is -2.52. The number of nitrogens with two attached hydrogens (primary N) is 1. The number of likely N-dealkylation sites (tertiary alicyclic amines) is 1. The van der Waals surface area contributed by atoms with E-state index in [1.807, 2.05) is 0 Å². The molecule has 0 bridgehead atoms. The zero-order chi connectivity index (χ0) is 17.5. The van der Waals surface area contributed by atoms with Crippen LogP contribution in [0.15, 0.2) is 0 Å². The molecule has 2 unspecified atom stereocenters. The second-order valence-electron chi connectivity index (χ2n) is 7.35. The zero-order valence-corrected chi connectivity index (χ0v) is 14.5. The van der Waals surface area contributed by atoms with E-state index < -0.39 is 45.0 Å². The van der Waals surface area contributed by atoms with Gasteiger partial charge in [0.1, 0.15) is 17.5 Å². The van der Waals surface area contributed by atoms with Crippen LogP contribution in [0.1, 0.15) is 40.0 Å². The summed E-state index contributed by atoms with van der Waals surface area (Å²) >= 11 is 0. The number of esters is 1. The van der Waals surface area contributed by atoms with Crippen molar-refractivity contribution in [3.63, 3.8) is 0 Å². The van der Waals surface area contributed by atoms with Gasteiger partial charge in [0, 0.05) is 18.5 Å². The Kier molecular flexibility index (Phi) is 4.64. The van der Waals surface area contributed by atoms with E-state index in [1.165, 1.54) is 4.90 Å². The highest BCUT2D eigenvalue weighted by molar-refractivity contribution is 7.89. The third-order valence-electron chi connectivity index (χ3n) is 4.10. The summed E-state index contributed by atoms with van der Waals surface area (Å²) in [4.78, 5) is 25.5. The molecule has 2 rings (SSSR count). The van der Waals surface area contributed by atoms with Gasteiger partial charge in [0.15, 0.2) is 0 Å². The van der Waals surface area contributed by atoms with Crippen molar-refractivity contribution in [2.75, 3.05) is 18.8 Å². The number of sulfonamides is 1. The van der Waals surface area contributed by atoms with Gasteiger partial charge in [0.2, 0.25) is 10.0 Å². The fourth-order valence-electron chi connectivity index (χ4n) is 3.20. The molecule has 2 fully saturated rings. The summed E-state index contributed by atoms with van der Waals surface area (Å²) in [5.41, 5.74) is -1.33. The van der Waals surface area contributed by atoms with E-state index in [0.717, 1.165) is 0 Å². The first kappa shape index (κ1) is 18.0. The first-order valence-corrected chi connectivity index (χ1v) is 9.30. The number of hydrogen-bond donors (Lipinski definition) is 1. The summed E-state index contributed by atoms with van der Waals surface area (Å²) < 4.78 is 33.4. The fourth-order valence-corrected chi connectivity index (χ4v) is 4.04. The molecule has 0 aromatic carbocycles. The number of piperidine rings is 1. The molecule has 2 saturated heterocycles. The Labute approximate surface area is 136 Å². The lowest BCUT2D eigenvalue weighted by molar-refractivity contribution is -0.141. The van der Waals surface area contributed by atoms with Crippen LogP contribution in [0.5, 0.6) is 0 Å². The monoisotopic (exact) mass is 348 g/mol. The molecule has 1 amide bonds. The predicted octanol–water partition coefficient (Wildman–Crippen LogP) is 0.608. The van der Waals surface area contributed by atoms with Crippen molar-refractivity contribution in [1.29, 1.82) is 0 Å². The third kappa shape index (κ3) is 4.57. The Balaban J connectivity index is 2.16. The average Bonchev–Trinajstić information content (AvgIpc) is 2.60. The lowest BCUT2D eigenvalue weighted by Gasteiger charge is -2.41. The van der Waals surface area contributed by atoms with E-state index >= 15 is 0 Å². The van der Waals surface area contributed by atoms with E-state index in [2.05, 4.69) is 0 Å². The van der Waals surface area contributed by atoms with Gasteiger partial charge in [-0.2, -0.15) is 0 Å². The predicted molar refractivity (Wildman–Crippen MR) is 81.9 cm³/mol. The molecule has 0 aliphatic carbocycles. The van der Waals surface area contributed by atoms with E-state index in [-0.39, 0.29) is 13.0 Å². The standard InChI is InChI=1S/C14H24N2O6S/c1-13(2,3)22-12(18)16-6-4-5-14(9-16)7-11(17)21-10(14)8-23(15,19)20/h10H,4-9H2,1-3H3,(H2,15,19,20). The van der Waals surface area contributed by atoms with Crippen LogP contribution in [0.4, 0.5) is 4.79 Å². The van der Waals surface area contributed by atoms with Crippen LogP contribution in [0.25, 0.3) is 0 Å². The Hall–Kier alpha value is -1.35. The maximum absolute atomic E-state index is 12.3. The summed E-state index contributed by atoms with van der Waals surface area (Å²) in [7, 11) is -3.78. The minimum absolute atomic E-state index is 0.0898. The minimum Gasteiger partial charge on any atom is -0.461 e. The molecule has 132 valence electrons. The summed E-state index contributed by atoms with van der Waals surface area (Å²) in [6, 6.07) is 0. The highest BCUT2D eigenvalue weighted by Gasteiger charge is 2.53. The van der Waals surface area contributed by atoms with Crippen LogP contribution in [0.2, 0.25) is 0 Å². The first-order chi connectivity index (χ1) is 10.4. The molecule has 2 N–H and O–H groups in total. The second-order valence-corrected chi connectivity index (χ2v) is 9.01. The SMILES string of the molecule is CC(C)(C)OC(=O)N1CCCC2(CC(=O)OC2CS(N)(=O)=O)C1. The van der Waals surface area contributed by atoms with Crippen LogP contribution >= 0.6 is 0 Å². The van der Waals surface area contributed by atoms with Crippen molar-refractivity contribution in [3.05, 3.63) is 0 Å². The van der Waals surface area contributed by atoms with Gasteiger partial charge in [-0.1, -0.05) is 0 Å². The number of primary sulfonamides is 1. The molecular weight excluding hydrogens is 324 g/mol. The molecule has 2 atom stereocenters. The van der Waals surface area contributed by atoms with E-state index in [1.54, 1.807) is 20.8 Å². The molecule has 2 aliphatic heterocycles. The molecule has 2 heterocycles. The van der Waals surface area contributed by atoms with E-state index in [0.29, 0.717) is 19.4 Å². The number of hydrogen-bond acceptors (Lipinski definition) is 6. The van der Waals surface area contributed by atoms with Crippen LogP contribution in [0, 0.1) is 5.41 Å². The number of amides is 1. The van der Waals surface area contributed by atoms with Gasteiger partial charge in [-0.05, 0) is 33.6 Å². The Morgan fingerprint density at radius 1 is 1.48 bits per heavy atom. The van der Waals surface area contributed by atoms with Gasteiger partial charge in [-0.25, -0.2) is 18.4 Å². The van der Waals surface area contributed by atoms with Gasteiger partial charge in [0.25, 0.3) is 0 Å². The third-order valence-corrected chi connectivity index (χ3v) is 4.86. The maximum Gasteiger partial charge on any atom is 0.410 e. The Morgan fingerprint density at radius 2 is 2.13 bits per heavy atom. The smallest absolute Gasteiger partial charge is 0.410 e. The van der Waals surface area contributed by atoms with Gasteiger partial charge in [-0.3, -0.25) is 4.79 Å². The number of rotatable bonds is 2. The van der Waals surface area contributed by atoms with Crippen molar-refractivity contribution in [1.82, 2.24) is 4.90 Å². The van der Waals surface area contributed by atoms with Gasteiger partial charge in [0.05, 0.1) is 6.42 Å². The van der Waals surface area contributed by atoms with Crippen molar-refractivity contribution >= 4 is 22.1 Å². The van der Waals surface area contributed by atoms with Crippen LogP contribution < -0.4 is 5.14 Å². The summed E-state index contributed by atoms with van der Waals surface area (Å²) in [6.07, 6.45) is 0.0577. The minimum atomic E-state index is -3.78. The van der Waals surface area contributed by atoms with Gasteiger partial charge in [-0.15, -0.1) is 0 Å². The molecule has 0 aromatic heterocycles. The molecule has 1 spiro atoms. The highest BCUT2D eigenvalue weighted by atomic mass is 32.2. The summed E-state index contributed by atoms with van der Waals surface area (Å²) in [5, 5.41) is 5.10. The highest BCUT2D eigenvalue weighted by Crippen LogP contribution is 2.44. The molecule has 9 heteroatoms. The number of carbonyl (C=O) groups is 2. The zero-order valence-electron chi connectivity index (χ0n) is 13.7. The van der Waals surface area contributed by atoms with Crippen molar-refractivity contribution in [3.8, 4) is 0 Å². The second kappa shape index (κ2) is 5.94. The number of carbonyl (C=O) groups excluding carboxylic acids is 2. The quantitative estimate of drug-likeness (QED) is 0.731. The van der Waals surface area contributed by atoms with Crippen LogP contribution in [0.3, 0.4) is 0 Å². The van der Waals surface area contributed by atoms with Crippen molar-refractivity contribution in [2.24, 2.45) is 10.6 Å². The molecular formula is C14H24N2O6S. The van der Waals surface area contributed by atoms with Crippen LogP contribution in [-0.2, 0) is 24.3 Å². The molecule has 0 aromatic rings.